The van der Waals surface area contributed by atoms with E-state index in [-0.39, 0.29) is 24.4 Å². The van der Waals surface area contributed by atoms with E-state index in [1.807, 2.05) is 0 Å². The fourth-order valence-electron chi connectivity index (χ4n) is 0. The van der Waals surface area contributed by atoms with Gasteiger partial charge in [-0.05, 0) is 0 Å². The first-order valence-electron chi connectivity index (χ1n) is 0.493. The van der Waals surface area contributed by atoms with Crippen molar-refractivity contribution in [3.63, 3.8) is 0 Å². The second-order valence-corrected chi connectivity index (χ2v) is 0. The van der Waals surface area contributed by atoms with Gasteiger partial charge in [-0.3, -0.25) is 0 Å². The van der Waals surface area contributed by atoms with Gasteiger partial charge < -0.3 is 0 Å². The Morgan fingerprint density at radius 3 is 1.25 bits per heavy atom. The molecule has 0 fully saturated rings. The first-order chi connectivity index (χ1) is 2.00. The second-order valence-electron chi connectivity index (χ2n) is 0. The van der Waals surface area contributed by atoms with Gasteiger partial charge in [-0.25, -0.2) is 0 Å². The van der Waals surface area contributed by atoms with E-state index < -0.39 is 0 Å². The summed E-state index contributed by atoms with van der Waals surface area (Å²) >= 11 is 0.650. The van der Waals surface area contributed by atoms with Crippen LogP contribution in [0.3, 0.4) is 0 Å². The van der Waals surface area contributed by atoms with Gasteiger partial charge in [0, 0.05) is 0 Å². The van der Waals surface area contributed by atoms with Gasteiger partial charge in [0.1, 0.15) is 0 Å². The standard InChI is InChI=1S/In.2O.Ti.H. The molecule has 0 spiro atoms. The van der Waals surface area contributed by atoms with E-state index in [2.05, 4.69) is 0 Å². The van der Waals surface area contributed by atoms with Crippen LogP contribution in [0.25, 0.3) is 0 Å². The molecule has 0 aromatic carbocycles. The van der Waals surface area contributed by atoms with Crippen LogP contribution in [0.2, 0.25) is 0 Å². The Bertz CT molecular complexity index is 8.00. The summed E-state index contributed by atoms with van der Waals surface area (Å²) in [5.41, 5.74) is 0. The predicted octanol–water partition coefficient (Wildman–Crippen LogP) is -0.889. The summed E-state index contributed by atoms with van der Waals surface area (Å²) in [6, 6.07) is 0. The van der Waals surface area contributed by atoms with Crippen molar-refractivity contribution in [1.29, 1.82) is 0 Å². The van der Waals surface area contributed by atoms with Crippen LogP contribution in [0, 0.1) is 0 Å². The molecule has 4 heteroatoms. The maximum absolute atomic E-state index is 8.42. The molecule has 0 unspecified atom stereocenters. The van der Waals surface area contributed by atoms with Crippen LogP contribution in [0.15, 0.2) is 0 Å². The van der Waals surface area contributed by atoms with E-state index in [0.29, 0.717) is 0 Å². The molecule has 0 aromatic rings. The monoisotopic (exact) mass is 196 g/mol. The van der Waals surface area contributed by atoms with E-state index in [1.54, 1.807) is 0 Å². The van der Waals surface area contributed by atoms with Gasteiger partial charge in [0.05, 0.1) is 0 Å². The Morgan fingerprint density at radius 2 is 1.25 bits per heavy atom. The zero-order chi connectivity index (χ0) is 4.00. The van der Waals surface area contributed by atoms with E-state index in [9.17, 15) is 0 Å². The minimum atomic E-state index is -0.1000. The van der Waals surface area contributed by atoms with Crippen molar-refractivity contribution in [3.05, 3.63) is 0 Å². The van der Waals surface area contributed by atoms with Crippen LogP contribution in [0.1, 0.15) is 0 Å². The average Bonchev–Trinajstić information content (AvgIpc) is 1.50. The molecule has 0 amide bonds. The summed E-state index contributed by atoms with van der Waals surface area (Å²) in [6.07, 6.45) is 0. The van der Waals surface area contributed by atoms with Crippen LogP contribution in [0.5, 0.6) is 0 Å². The van der Waals surface area contributed by atoms with E-state index in [4.69, 9.17) is 6.18 Å². The molecule has 0 atom stereocenters. The summed E-state index contributed by atoms with van der Waals surface area (Å²) in [5, 5.41) is 0. The van der Waals surface area contributed by atoms with Crippen LogP contribution >= 0.6 is 0 Å². The SMILES string of the molecule is [O]=[InH].[O]=[Ti]. The van der Waals surface area contributed by atoms with Gasteiger partial charge in [0.15, 0.2) is 0 Å². The summed E-state index contributed by atoms with van der Waals surface area (Å²) in [7, 11) is 0. The van der Waals surface area contributed by atoms with Gasteiger partial charge >= 0.3 is 51.0 Å². The molecule has 2 nitrogen and oxygen atoms in total. The Balaban J connectivity index is 0. The fraction of sp³-hybridized carbons (Fsp3) is 0. The molecule has 0 N–H and O–H groups in total. The van der Waals surface area contributed by atoms with Crippen LogP contribution in [0.4, 0.5) is 0 Å². The second kappa shape index (κ2) is 30.2. The Labute approximate surface area is 50.7 Å². The molecular weight excluding hydrogens is 195 g/mol. The summed E-state index contributed by atoms with van der Waals surface area (Å²) in [4.78, 5) is 0. The minimum absolute atomic E-state index is 0.1000. The van der Waals surface area contributed by atoms with Crippen molar-refractivity contribution >= 4 is 24.4 Å². The summed E-state index contributed by atoms with van der Waals surface area (Å²) < 4.78 is 16.7. The van der Waals surface area contributed by atoms with Gasteiger partial charge in [-0.1, -0.05) is 0 Å². The quantitative estimate of drug-likeness (QED) is 0.470. The third-order valence-corrected chi connectivity index (χ3v) is 0. The van der Waals surface area contributed by atoms with Gasteiger partial charge in [-0.2, -0.15) is 0 Å². The van der Waals surface area contributed by atoms with E-state index in [1.165, 1.54) is 0 Å². The first kappa shape index (κ1) is 8.95. The molecule has 0 aromatic heterocycles. The van der Waals surface area contributed by atoms with E-state index >= 15 is 0 Å². The number of hydrogen-bond acceptors (Lipinski definition) is 2. The zero-order valence-electron chi connectivity index (χ0n) is 2.02. The molecule has 20 valence electrons. The predicted molar refractivity (Wildman–Crippen MR) is 8.52 cm³/mol. The molecule has 0 aliphatic rings. The normalized spacial score (nSPS) is 1.50. The number of rotatable bonds is 0. The zero-order valence-corrected chi connectivity index (χ0v) is 7.62. The third kappa shape index (κ3) is 10.8. The Hall–Kier alpha value is 1.18. The van der Waals surface area contributed by atoms with Crippen molar-refractivity contribution in [2.24, 2.45) is 0 Å². The average molecular weight is 196 g/mol. The summed E-state index contributed by atoms with van der Waals surface area (Å²) in [6.45, 7) is 0. The molecule has 0 radical (unpaired) electrons. The molecule has 0 heterocycles. The molecular formula is HInO2Ti. The molecule has 0 bridgehead atoms. The van der Waals surface area contributed by atoms with Gasteiger partial charge in [-0.15, -0.1) is 0 Å². The maximum atomic E-state index is 8.42. The van der Waals surface area contributed by atoms with Crippen molar-refractivity contribution in [1.82, 2.24) is 0 Å². The molecule has 4 heavy (non-hydrogen) atoms. The fourth-order valence-corrected chi connectivity index (χ4v) is 0. The van der Waals surface area contributed by atoms with Crippen LogP contribution in [-0.2, 0) is 26.6 Å². The van der Waals surface area contributed by atoms with Gasteiger partial charge in [0.25, 0.3) is 0 Å². The molecule has 0 aliphatic carbocycles. The molecule has 0 saturated heterocycles. The molecule has 0 aliphatic heterocycles. The molecule has 0 rings (SSSR count). The van der Waals surface area contributed by atoms with Crippen molar-refractivity contribution in [2.75, 3.05) is 0 Å². The van der Waals surface area contributed by atoms with E-state index in [0.717, 1.165) is 20.4 Å². The number of hydrogen-bond donors (Lipinski definition) is 0. The Morgan fingerprint density at radius 1 is 1.25 bits per heavy atom. The van der Waals surface area contributed by atoms with Crippen molar-refractivity contribution < 1.29 is 26.6 Å². The van der Waals surface area contributed by atoms with Crippen molar-refractivity contribution in [3.8, 4) is 0 Å². The molecule has 0 saturated carbocycles. The van der Waals surface area contributed by atoms with Gasteiger partial charge in [0.2, 0.25) is 0 Å². The Kier molecular flexibility index (Phi) is 67.7. The summed E-state index contributed by atoms with van der Waals surface area (Å²) in [5.74, 6) is 0. The van der Waals surface area contributed by atoms with Crippen molar-refractivity contribution in [2.45, 2.75) is 0 Å². The third-order valence-electron chi connectivity index (χ3n) is 0. The topological polar surface area (TPSA) is 34.1 Å². The van der Waals surface area contributed by atoms with Crippen LogP contribution in [-0.4, -0.2) is 24.4 Å². The van der Waals surface area contributed by atoms with Crippen LogP contribution < -0.4 is 0 Å². The first-order valence-corrected chi connectivity index (χ1v) is 2.78.